The second-order valence-electron chi connectivity index (χ2n) is 3.65. The zero-order chi connectivity index (χ0) is 12.4. The van der Waals surface area contributed by atoms with Gasteiger partial charge in [-0.25, -0.2) is 18.7 Å². The molecule has 0 aliphatic rings. The Morgan fingerprint density at radius 1 is 1.18 bits per heavy atom. The van der Waals surface area contributed by atoms with Crippen molar-refractivity contribution in [2.45, 2.75) is 13.1 Å². The highest BCUT2D eigenvalue weighted by atomic mass is 16.4. The third-order valence-electron chi connectivity index (χ3n) is 2.39. The quantitative estimate of drug-likeness (QED) is 0.736. The first-order valence-electron chi connectivity index (χ1n) is 4.99. The van der Waals surface area contributed by atoms with Crippen molar-refractivity contribution in [1.29, 1.82) is 0 Å². The van der Waals surface area contributed by atoms with Gasteiger partial charge in [0.15, 0.2) is 24.1 Å². The van der Waals surface area contributed by atoms with E-state index >= 15 is 0 Å². The summed E-state index contributed by atoms with van der Waals surface area (Å²) in [7, 11) is 0. The van der Waals surface area contributed by atoms with Crippen LogP contribution in [0.1, 0.15) is 0 Å². The third-order valence-corrected chi connectivity index (χ3v) is 2.39. The molecule has 0 spiro atoms. The second-order valence-corrected chi connectivity index (χ2v) is 3.65. The maximum atomic E-state index is 10.7. The zero-order valence-corrected chi connectivity index (χ0v) is 8.91. The van der Waals surface area contributed by atoms with Crippen LogP contribution in [0.2, 0.25) is 0 Å². The van der Waals surface area contributed by atoms with Crippen LogP contribution in [0.4, 0.5) is 0 Å². The lowest BCUT2D eigenvalue weighted by molar-refractivity contribution is -0.660. The number of para-hydroxylation sites is 2. The Kier molecular flexibility index (Phi) is 2.78. The van der Waals surface area contributed by atoms with Crippen molar-refractivity contribution in [2.24, 2.45) is 0 Å². The summed E-state index contributed by atoms with van der Waals surface area (Å²) in [6, 6.07) is 7.09. The average Bonchev–Trinajstić information content (AvgIpc) is 2.56. The molecule has 0 atom stereocenters. The Hall–Kier alpha value is -2.37. The number of benzene rings is 1. The highest BCUT2D eigenvalue weighted by Crippen LogP contribution is 2.10. The second kappa shape index (κ2) is 4.25. The molecule has 1 aromatic carbocycles. The van der Waals surface area contributed by atoms with E-state index in [1.807, 2.05) is 0 Å². The van der Waals surface area contributed by atoms with Gasteiger partial charge in [-0.05, 0) is 12.1 Å². The molecule has 0 radical (unpaired) electrons. The predicted molar refractivity (Wildman–Crippen MR) is 57.4 cm³/mol. The molecule has 1 heterocycles. The van der Waals surface area contributed by atoms with Crippen LogP contribution in [0.15, 0.2) is 30.6 Å². The molecule has 17 heavy (non-hydrogen) atoms. The molecular formula is C11H11N2O4+. The molecule has 6 heteroatoms. The summed E-state index contributed by atoms with van der Waals surface area (Å²) in [5.41, 5.74) is 1.41. The number of hydrogen-bond acceptors (Lipinski definition) is 2. The molecular weight excluding hydrogens is 224 g/mol. The maximum Gasteiger partial charge on any atom is 0.346 e. The van der Waals surface area contributed by atoms with Crippen molar-refractivity contribution in [1.82, 2.24) is 4.57 Å². The van der Waals surface area contributed by atoms with Crippen molar-refractivity contribution in [3.63, 3.8) is 0 Å². The minimum absolute atomic E-state index is 0.187. The Bertz CT molecular complexity index is 538. The van der Waals surface area contributed by atoms with Crippen LogP contribution >= 0.6 is 0 Å². The zero-order valence-electron chi connectivity index (χ0n) is 8.91. The molecule has 88 valence electrons. The SMILES string of the molecule is O=C(O)Cn1c[n+](CC(=O)O)c2ccccc21. The van der Waals surface area contributed by atoms with Crippen molar-refractivity contribution in [3.8, 4) is 0 Å². The minimum atomic E-state index is -0.965. The van der Waals surface area contributed by atoms with Crippen LogP contribution in [0.5, 0.6) is 0 Å². The molecule has 1 aromatic heterocycles. The van der Waals surface area contributed by atoms with Crippen LogP contribution in [0, 0.1) is 0 Å². The van der Waals surface area contributed by atoms with E-state index < -0.39 is 11.9 Å². The van der Waals surface area contributed by atoms with Gasteiger partial charge in [0.25, 0.3) is 0 Å². The molecule has 0 fully saturated rings. The number of imidazole rings is 1. The Labute approximate surface area is 96.3 Å². The van der Waals surface area contributed by atoms with Crippen molar-refractivity contribution < 1.29 is 24.4 Å². The van der Waals surface area contributed by atoms with Gasteiger partial charge < -0.3 is 10.2 Å². The van der Waals surface area contributed by atoms with Crippen LogP contribution < -0.4 is 4.57 Å². The van der Waals surface area contributed by atoms with Crippen LogP contribution in [0.3, 0.4) is 0 Å². The number of carboxylic acid groups (broad SMARTS) is 2. The lowest BCUT2D eigenvalue weighted by atomic mass is 10.3. The average molecular weight is 235 g/mol. The molecule has 0 saturated carbocycles. The molecule has 6 nitrogen and oxygen atoms in total. The molecule has 2 aromatic rings. The van der Waals surface area contributed by atoms with E-state index in [0.717, 1.165) is 0 Å². The Morgan fingerprint density at radius 2 is 1.88 bits per heavy atom. The van der Waals surface area contributed by atoms with E-state index in [-0.39, 0.29) is 13.1 Å². The number of aliphatic carboxylic acids is 2. The van der Waals surface area contributed by atoms with E-state index in [1.54, 1.807) is 24.3 Å². The number of carbonyl (C=O) groups is 2. The summed E-state index contributed by atoms with van der Waals surface area (Å²) >= 11 is 0. The monoisotopic (exact) mass is 235 g/mol. The maximum absolute atomic E-state index is 10.7. The number of nitrogens with zero attached hydrogens (tertiary/aromatic N) is 2. The molecule has 0 bridgehead atoms. The summed E-state index contributed by atoms with van der Waals surface area (Å²) in [6.07, 6.45) is 1.51. The highest BCUT2D eigenvalue weighted by Gasteiger charge is 2.18. The number of aromatic nitrogens is 2. The number of hydrogen-bond donors (Lipinski definition) is 2. The number of carboxylic acids is 2. The van der Waals surface area contributed by atoms with Gasteiger partial charge in [-0.2, -0.15) is 0 Å². The van der Waals surface area contributed by atoms with Gasteiger partial charge in [-0.15, -0.1) is 0 Å². The van der Waals surface area contributed by atoms with E-state index in [4.69, 9.17) is 10.2 Å². The lowest BCUT2D eigenvalue weighted by Crippen LogP contribution is -2.36. The summed E-state index contributed by atoms with van der Waals surface area (Å²) in [5, 5.41) is 17.5. The Morgan fingerprint density at radius 3 is 2.53 bits per heavy atom. The van der Waals surface area contributed by atoms with Crippen molar-refractivity contribution >= 4 is 23.0 Å². The molecule has 0 saturated heterocycles. The predicted octanol–water partition coefficient (Wildman–Crippen LogP) is 0.0980. The Balaban J connectivity index is 2.53. The standard InChI is InChI=1S/C11H10N2O4/c14-10(15)5-12-7-13(6-11(16)17)9-4-2-1-3-8(9)12/h1-4,7H,5-6H2,(H-,14,15,16,17)/p+1. The van der Waals surface area contributed by atoms with E-state index in [2.05, 4.69) is 0 Å². The van der Waals surface area contributed by atoms with Crippen molar-refractivity contribution in [2.75, 3.05) is 0 Å². The molecule has 2 rings (SSSR count). The first kappa shape index (κ1) is 11.1. The van der Waals surface area contributed by atoms with E-state index in [9.17, 15) is 9.59 Å². The van der Waals surface area contributed by atoms with Gasteiger partial charge in [0.2, 0.25) is 6.33 Å². The lowest BCUT2D eigenvalue weighted by Gasteiger charge is -1.90. The van der Waals surface area contributed by atoms with Gasteiger partial charge in [0.1, 0.15) is 0 Å². The molecule has 0 aliphatic carbocycles. The van der Waals surface area contributed by atoms with E-state index in [0.29, 0.717) is 11.0 Å². The van der Waals surface area contributed by atoms with Gasteiger partial charge in [-0.3, -0.25) is 0 Å². The first-order valence-corrected chi connectivity index (χ1v) is 4.99. The molecule has 0 amide bonds. The molecule has 0 unspecified atom stereocenters. The molecule has 0 aliphatic heterocycles. The van der Waals surface area contributed by atoms with Gasteiger partial charge in [0, 0.05) is 0 Å². The smallest absolute Gasteiger partial charge is 0.346 e. The minimum Gasteiger partial charge on any atom is -0.478 e. The third kappa shape index (κ3) is 2.25. The topological polar surface area (TPSA) is 83.4 Å². The largest absolute Gasteiger partial charge is 0.478 e. The molecule has 2 N–H and O–H groups in total. The van der Waals surface area contributed by atoms with Gasteiger partial charge >= 0.3 is 11.9 Å². The summed E-state index contributed by atoms with van der Waals surface area (Å²) < 4.78 is 3.03. The summed E-state index contributed by atoms with van der Waals surface area (Å²) in [6.45, 7) is -0.375. The van der Waals surface area contributed by atoms with Crippen LogP contribution in [-0.4, -0.2) is 26.7 Å². The summed E-state index contributed by atoms with van der Waals surface area (Å²) in [5.74, 6) is -1.93. The van der Waals surface area contributed by atoms with E-state index in [1.165, 1.54) is 15.5 Å². The van der Waals surface area contributed by atoms with Gasteiger partial charge in [0.05, 0.1) is 0 Å². The van der Waals surface area contributed by atoms with Gasteiger partial charge in [-0.1, -0.05) is 12.1 Å². The summed E-state index contributed by atoms with van der Waals surface area (Å²) in [4.78, 5) is 21.4. The fraction of sp³-hybridized carbons (Fsp3) is 0.182. The normalized spacial score (nSPS) is 10.6. The van der Waals surface area contributed by atoms with Crippen molar-refractivity contribution in [3.05, 3.63) is 30.6 Å². The number of fused-ring (bicyclic) bond motifs is 1. The first-order chi connectivity index (χ1) is 8.08. The fourth-order valence-corrected chi connectivity index (χ4v) is 1.79. The highest BCUT2D eigenvalue weighted by molar-refractivity contribution is 5.75. The number of rotatable bonds is 4. The van der Waals surface area contributed by atoms with Crippen LogP contribution in [0.25, 0.3) is 11.0 Å². The van der Waals surface area contributed by atoms with Crippen LogP contribution in [-0.2, 0) is 22.7 Å². The fourth-order valence-electron chi connectivity index (χ4n) is 1.79.